The summed E-state index contributed by atoms with van der Waals surface area (Å²) in [5.74, 6) is -1.12. The van der Waals surface area contributed by atoms with E-state index in [1.54, 1.807) is 0 Å². The maximum absolute atomic E-state index is 10.4. The fourth-order valence-corrected chi connectivity index (χ4v) is 1.27. The van der Waals surface area contributed by atoms with Gasteiger partial charge < -0.3 is 10.6 Å². The van der Waals surface area contributed by atoms with Gasteiger partial charge in [0.05, 0.1) is 6.42 Å². The van der Waals surface area contributed by atoms with Crippen LogP contribution in [0.5, 0.6) is 0 Å². The average Bonchev–Trinajstić information content (AvgIpc) is 2.16. The Morgan fingerprint density at radius 3 is 2.29 bits per heavy atom. The van der Waals surface area contributed by atoms with E-state index in [9.17, 15) is 4.79 Å². The highest BCUT2D eigenvalue weighted by Gasteiger charge is 2.16. The van der Waals surface area contributed by atoms with E-state index in [1.807, 2.05) is 0 Å². The van der Waals surface area contributed by atoms with Crippen LogP contribution in [-0.2, 0) is 4.79 Å². The molecule has 4 nitrogen and oxygen atoms in total. The third-order valence-electron chi connectivity index (χ3n) is 2.13. The zero-order chi connectivity index (χ0) is 10.8. The molecule has 0 rings (SSSR count). The summed E-state index contributed by atoms with van der Waals surface area (Å²) in [4.78, 5) is 13.1. The Balaban J connectivity index is 3.44. The van der Waals surface area contributed by atoms with E-state index in [2.05, 4.69) is 11.7 Å². The van der Waals surface area contributed by atoms with Gasteiger partial charge in [-0.15, -0.1) is 0 Å². The van der Waals surface area contributed by atoms with Crippen molar-refractivity contribution >= 4 is 11.7 Å². The Kier molecular flexibility index (Phi) is 7.75. The van der Waals surface area contributed by atoms with Gasteiger partial charge in [-0.25, -0.2) is 4.79 Å². The lowest BCUT2D eigenvalue weighted by molar-refractivity contribution is -0.134. The van der Waals surface area contributed by atoms with Crippen molar-refractivity contribution in [3.63, 3.8) is 0 Å². The molecule has 0 saturated carbocycles. The quantitative estimate of drug-likeness (QED) is 0.281. The molecule has 0 heterocycles. The SMILES string of the molecule is CCCCCCCCC(=[N+]=[N-])C(=O)O. The molecular formula is C10H18N2O2. The summed E-state index contributed by atoms with van der Waals surface area (Å²) < 4.78 is 0. The molecule has 0 aliphatic carbocycles. The van der Waals surface area contributed by atoms with Crippen LogP contribution >= 0.6 is 0 Å². The van der Waals surface area contributed by atoms with Crippen molar-refractivity contribution in [2.45, 2.75) is 51.9 Å². The monoisotopic (exact) mass is 198 g/mol. The van der Waals surface area contributed by atoms with Crippen molar-refractivity contribution in [3.05, 3.63) is 5.53 Å². The third-order valence-corrected chi connectivity index (χ3v) is 2.13. The predicted octanol–water partition coefficient (Wildman–Crippen LogP) is 2.49. The van der Waals surface area contributed by atoms with E-state index < -0.39 is 5.97 Å². The smallest absolute Gasteiger partial charge is 0.414 e. The molecule has 0 aromatic heterocycles. The molecule has 0 amide bonds. The maximum Gasteiger partial charge on any atom is 0.414 e. The fraction of sp³-hybridized carbons (Fsp3) is 0.800. The predicted molar refractivity (Wildman–Crippen MR) is 54.3 cm³/mol. The molecule has 0 bridgehead atoms. The summed E-state index contributed by atoms with van der Waals surface area (Å²) >= 11 is 0. The minimum Gasteiger partial charge on any atom is -0.473 e. The number of hydrogen-bond acceptors (Lipinski definition) is 1. The summed E-state index contributed by atoms with van der Waals surface area (Å²) in [7, 11) is 0. The van der Waals surface area contributed by atoms with Gasteiger partial charge in [-0.3, -0.25) is 0 Å². The number of hydrogen-bond donors (Lipinski definition) is 1. The number of carboxylic acid groups (broad SMARTS) is 1. The molecule has 80 valence electrons. The van der Waals surface area contributed by atoms with Crippen LogP contribution < -0.4 is 0 Å². The van der Waals surface area contributed by atoms with E-state index in [0.717, 1.165) is 19.3 Å². The van der Waals surface area contributed by atoms with Gasteiger partial charge in [-0.2, -0.15) is 4.79 Å². The van der Waals surface area contributed by atoms with E-state index in [4.69, 9.17) is 10.6 Å². The molecule has 1 N–H and O–H groups in total. The normalized spacial score (nSPS) is 9.50. The van der Waals surface area contributed by atoms with Crippen LogP contribution in [0.1, 0.15) is 51.9 Å². The number of aliphatic carboxylic acids is 1. The summed E-state index contributed by atoms with van der Waals surface area (Å²) in [6.45, 7) is 2.15. The summed E-state index contributed by atoms with van der Waals surface area (Å²) in [5, 5.41) is 8.52. The van der Waals surface area contributed by atoms with Gasteiger partial charge in [0, 0.05) is 0 Å². The second-order valence-electron chi connectivity index (χ2n) is 3.37. The van der Waals surface area contributed by atoms with Crippen molar-refractivity contribution in [2.24, 2.45) is 0 Å². The van der Waals surface area contributed by atoms with Crippen LogP contribution in [0.15, 0.2) is 0 Å². The van der Waals surface area contributed by atoms with Crippen molar-refractivity contribution < 1.29 is 14.7 Å². The Labute approximate surface area is 84.6 Å². The van der Waals surface area contributed by atoms with Gasteiger partial charge >= 0.3 is 11.7 Å². The van der Waals surface area contributed by atoms with Crippen molar-refractivity contribution in [1.82, 2.24) is 0 Å². The van der Waals surface area contributed by atoms with Gasteiger partial charge in [0.25, 0.3) is 0 Å². The summed E-state index contributed by atoms with van der Waals surface area (Å²) in [6, 6.07) is 0. The zero-order valence-corrected chi connectivity index (χ0v) is 8.70. The molecule has 0 atom stereocenters. The number of unbranched alkanes of at least 4 members (excludes halogenated alkanes) is 5. The highest BCUT2D eigenvalue weighted by Crippen LogP contribution is 2.06. The molecule has 0 aliphatic rings. The summed E-state index contributed by atoms with van der Waals surface area (Å²) in [6.07, 6.45) is 6.93. The lowest BCUT2D eigenvalue weighted by Gasteiger charge is -1.96. The lowest BCUT2D eigenvalue weighted by Crippen LogP contribution is -2.13. The molecule has 0 spiro atoms. The molecule has 0 aromatic rings. The summed E-state index contributed by atoms with van der Waals surface area (Å²) in [5.41, 5.74) is 8.21. The van der Waals surface area contributed by atoms with Gasteiger partial charge in [0.1, 0.15) is 0 Å². The first kappa shape index (κ1) is 12.8. The van der Waals surface area contributed by atoms with Crippen LogP contribution in [0.4, 0.5) is 0 Å². The van der Waals surface area contributed by atoms with Crippen LogP contribution in [-0.4, -0.2) is 21.6 Å². The zero-order valence-electron chi connectivity index (χ0n) is 8.70. The number of rotatable bonds is 8. The minimum atomic E-state index is -1.12. The van der Waals surface area contributed by atoms with Crippen LogP contribution in [0.3, 0.4) is 0 Å². The number of carboxylic acids is 1. The third kappa shape index (κ3) is 6.38. The Bertz CT molecular complexity index is 220. The van der Waals surface area contributed by atoms with Gasteiger partial charge in [-0.05, 0) is 6.42 Å². The van der Waals surface area contributed by atoms with E-state index >= 15 is 0 Å². The number of carbonyl (C=O) groups is 1. The second kappa shape index (κ2) is 8.45. The van der Waals surface area contributed by atoms with Crippen LogP contribution in [0.25, 0.3) is 5.53 Å². The molecule has 0 aliphatic heterocycles. The average molecular weight is 198 g/mol. The highest BCUT2D eigenvalue weighted by molar-refractivity contribution is 6.32. The van der Waals surface area contributed by atoms with E-state index in [1.165, 1.54) is 19.3 Å². The lowest BCUT2D eigenvalue weighted by atomic mass is 10.1. The first-order valence-electron chi connectivity index (χ1n) is 5.16. The molecule has 0 aromatic carbocycles. The van der Waals surface area contributed by atoms with Crippen LogP contribution in [0, 0.1) is 0 Å². The van der Waals surface area contributed by atoms with Crippen molar-refractivity contribution in [2.75, 3.05) is 0 Å². The first-order chi connectivity index (χ1) is 6.72. The second-order valence-corrected chi connectivity index (χ2v) is 3.37. The molecule has 0 unspecified atom stereocenters. The van der Waals surface area contributed by atoms with Crippen molar-refractivity contribution in [3.8, 4) is 0 Å². The van der Waals surface area contributed by atoms with Gasteiger partial charge in [0.15, 0.2) is 0 Å². The first-order valence-corrected chi connectivity index (χ1v) is 5.16. The Hall–Kier alpha value is -1.15. The topological polar surface area (TPSA) is 73.7 Å². The Morgan fingerprint density at radius 1 is 1.21 bits per heavy atom. The molecule has 4 heteroatoms. The maximum atomic E-state index is 10.4. The van der Waals surface area contributed by atoms with Gasteiger partial charge in [-0.1, -0.05) is 39.0 Å². The minimum absolute atomic E-state index is 0.138. The fourth-order valence-electron chi connectivity index (χ4n) is 1.27. The largest absolute Gasteiger partial charge is 0.473 e. The van der Waals surface area contributed by atoms with Gasteiger partial charge in [0.2, 0.25) is 0 Å². The van der Waals surface area contributed by atoms with E-state index in [0.29, 0.717) is 6.42 Å². The molecule has 14 heavy (non-hydrogen) atoms. The molecule has 0 fully saturated rings. The molecule has 0 saturated heterocycles. The molecule has 0 radical (unpaired) electrons. The Morgan fingerprint density at radius 2 is 1.79 bits per heavy atom. The van der Waals surface area contributed by atoms with Crippen LogP contribution in [0.2, 0.25) is 0 Å². The van der Waals surface area contributed by atoms with Crippen molar-refractivity contribution in [1.29, 1.82) is 0 Å². The number of nitrogens with zero attached hydrogens (tertiary/aromatic N) is 2. The molecular weight excluding hydrogens is 180 g/mol. The standard InChI is InChI=1S/C10H18N2O2/c1-2-3-4-5-6-7-8-9(12-11)10(13)14/h2-8H2,1H3,(H,13,14). The van der Waals surface area contributed by atoms with E-state index in [-0.39, 0.29) is 5.71 Å². The highest BCUT2D eigenvalue weighted by atomic mass is 16.4.